The normalized spacial score (nSPS) is 9.88. The molecular formula is C11H15ClN2O3. The van der Waals surface area contributed by atoms with Crippen molar-refractivity contribution in [1.82, 2.24) is 5.06 Å². The molecule has 0 atom stereocenters. The van der Waals surface area contributed by atoms with Gasteiger partial charge >= 0.3 is 6.03 Å². The highest BCUT2D eigenvalue weighted by molar-refractivity contribution is 6.32. The van der Waals surface area contributed by atoms with Gasteiger partial charge in [-0.2, -0.15) is 0 Å². The topological polar surface area (TPSA) is 50.8 Å². The largest absolute Gasteiger partial charge is 0.492 e. The molecule has 1 N–H and O–H groups in total. The molecule has 0 bridgehead atoms. The van der Waals surface area contributed by atoms with Crippen LogP contribution in [-0.4, -0.2) is 31.9 Å². The van der Waals surface area contributed by atoms with Crippen LogP contribution in [0.25, 0.3) is 0 Å². The van der Waals surface area contributed by atoms with Crippen LogP contribution < -0.4 is 10.1 Å². The Kier molecular flexibility index (Phi) is 5.06. The van der Waals surface area contributed by atoms with Crippen LogP contribution in [0.2, 0.25) is 5.02 Å². The lowest BCUT2D eigenvalue weighted by atomic mass is 10.3. The van der Waals surface area contributed by atoms with E-state index >= 15 is 0 Å². The van der Waals surface area contributed by atoms with E-state index in [0.29, 0.717) is 23.1 Å². The zero-order valence-electron chi connectivity index (χ0n) is 9.99. The van der Waals surface area contributed by atoms with Gasteiger partial charge in [-0.15, -0.1) is 0 Å². The van der Waals surface area contributed by atoms with Crippen LogP contribution in [0.3, 0.4) is 0 Å². The Bertz CT molecular complexity index is 398. The summed E-state index contributed by atoms with van der Waals surface area (Å²) in [5, 5.41) is 4.15. The molecule has 94 valence electrons. The first-order chi connectivity index (χ1) is 8.08. The fourth-order valence-electron chi connectivity index (χ4n) is 1.14. The van der Waals surface area contributed by atoms with Gasteiger partial charge in [0.2, 0.25) is 0 Å². The fourth-order valence-corrected chi connectivity index (χ4v) is 1.37. The molecule has 0 radical (unpaired) electrons. The second kappa shape index (κ2) is 6.32. The van der Waals surface area contributed by atoms with Gasteiger partial charge in [0.25, 0.3) is 0 Å². The van der Waals surface area contributed by atoms with Crippen molar-refractivity contribution < 1.29 is 14.4 Å². The van der Waals surface area contributed by atoms with E-state index in [1.165, 1.54) is 14.2 Å². The molecule has 1 aromatic rings. The third-order valence-corrected chi connectivity index (χ3v) is 2.34. The first-order valence-electron chi connectivity index (χ1n) is 5.09. The summed E-state index contributed by atoms with van der Waals surface area (Å²) >= 11 is 5.98. The summed E-state index contributed by atoms with van der Waals surface area (Å²) in [5.74, 6) is 0.590. The van der Waals surface area contributed by atoms with Crippen molar-refractivity contribution in [2.75, 3.05) is 26.1 Å². The highest BCUT2D eigenvalue weighted by Gasteiger charge is 2.09. The molecule has 2 amide bonds. The number of nitrogens with one attached hydrogen (secondary N) is 1. The average Bonchev–Trinajstić information content (AvgIpc) is 2.31. The smallest absolute Gasteiger partial charge is 0.345 e. The molecule has 17 heavy (non-hydrogen) atoms. The molecule has 1 aromatic carbocycles. The molecule has 5 nitrogen and oxygen atoms in total. The number of nitrogens with zero attached hydrogens (tertiary/aromatic N) is 1. The summed E-state index contributed by atoms with van der Waals surface area (Å²) in [4.78, 5) is 16.2. The molecule has 0 aromatic heterocycles. The van der Waals surface area contributed by atoms with E-state index < -0.39 is 0 Å². The van der Waals surface area contributed by atoms with Gasteiger partial charge in [-0.05, 0) is 25.1 Å². The summed E-state index contributed by atoms with van der Waals surface area (Å²) in [6.07, 6.45) is 0. The fraction of sp³-hybridized carbons (Fsp3) is 0.364. The van der Waals surface area contributed by atoms with Crippen LogP contribution in [0.5, 0.6) is 5.75 Å². The van der Waals surface area contributed by atoms with E-state index in [-0.39, 0.29) is 6.03 Å². The molecule has 6 heteroatoms. The van der Waals surface area contributed by atoms with Crippen molar-refractivity contribution in [1.29, 1.82) is 0 Å². The number of carbonyl (C=O) groups is 1. The average molecular weight is 259 g/mol. The van der Waals surface area contributed by atoms with Crippen LogP contribution in [-0.2, 0) is 4.84 Å². The first-order valence-corrected chi connectivity index (χ1v) is 5.47. The SMILES string of the molecule is CCOc1ccc(NC(=O)N(C)OC)cc1Cl. The predicted octanol–water partition coefficient (Wildman–Crippen LogP) is 2.76. The van der Waals surface area contributed by atoms with Crippen molar-refractivity contribution >= 4 is 23.3 Å². The Morgan fingerprint density at radius 2 is 2.24 bits per heavy atom. The Hall–Kier alpha value is -1.46. The zero-order valence-corrected chi connectivity index (χ0v) is 10.7. The molecule has 0 aliphatic heterocycles. The van der Waals surface area contributed by atoms with Gasteiger partial charge in [0.1, 0.15) is 5.75 Å². The third kappa shape index (κ3) is 3.80. The lowest BCUT2D eigenvalue weighted by Gasteiger charge is -2.15. The maximum absolute atomic E-state index is 11.5. The molecular weight excluding hydrogens is 244 g/mol. The standard InChI is InChI=1S/C11H15ClN2O3/c1-4-17-10-6-5-8(7-9(10)12)13-11(15)14(2)16-3/h5-7H,4H2,1-3H3,(H,13,15). The Morgan fingerprint density at radius 1 is 1.53 bits per heavy atom. The van der Waals surface area contributed by atoms with Gasteiger partial charge in [-0.3, -0.25) is 4.84 Å². The minimum Gasteiger partial charge on any atom is -0.492 e. The predicted molar refractivity (Wildman–Crippen MR) is 66.4 cm³/mol. The van der Waals surface area contributed by atoms with Gasteiger partial charge in [-0.1, -0.05) is 11.6 Å². The van der Waals surface area contributed by atoms with Crippen LogP contribution >= 0.6 is 11.6 Å². The number of amides is 2. The number of anilines is 1. The number of urea groups is 1. The van der Waals surface area contributed by atoms with Crippen molar-refractivity contribution in [3.05, 3.63) is 23.2 Å². The van der Waals surface area contributed by atoms with Crippen LogP contribution in [0.4, 0.5) is 10.5 Å². The number of hydrogen-bond donors (Lipinski definition) is 1. The van der Waals surface area contributed by atoms with Crippen molar-refractivity contribution in [3.8, 4) is 5.75 Å². The molecule has 0 fully saturated rings. The van der Waals surface area contributed by atoms with Crippen LogP contribution in [0.1, 0.15) is 6.92 Å². The van der Waals surface area contributed by atoms with E-state index in [1.54, 1.807) is 18.2 Å². The van der Waals surface area contributed by atoms with Crippen molar-refractivity contribution in [2.45, 2.75) is 6.92 Å². The Balaban J connectivity index is 2.73. The molecule has 1 rings (SSSR count). The number of ether oxygens (including phenoxy) is 1. The number of hydroxylamine groups is 2. The minimum atomic E-state index is -0.382. The van der Waals surface area contributed by atoms with Gasteiger partial charge in [0, 0.05) is 12.7 Å². The van der Waals surface area contributed by atoms with Gasteiger partial charge in [0.05, 0.1) is 18.7 Å². The van der Waals surface area contributed by atoms with Crippen molar-refractivity contribution in [3.63, 3.8) is 0 Å². The second-order valence-electron chi connectivity index (χ2n) is 3.19. The van der Waals surface area contributed by atoms with E-state index in [2.05, 4.69) is 5.32 Å². The molecule has 0 heterocycles. The third-order valence-electron chi connectivity index (χ3n) is 2.04. The number of hydrogen-bond acceptors (Lipinski definition) is 3. The zero-order chi connectivity index (χ0) is 12.8. The number of benzene rings is 1. The van der Waals surface area contributed by atoms with E-state index in [0.717, 1.165) is 5.06 Å². The van der Waals surface area contributed by atoms with Gasteiger partial charge in [-0.25, -0.2) is 9.86 Å². The Morgan fingerprint density at radius 3 is 2.76 bits per heavy atom. The second-order valence-corrected chi connectivity index (χ2v) is 3.60. The lowest BCUT2D eigenvalue weighted by molar-refractivity contribution is -0.0598. The van der Waals surface area contributed by atoms with Crippen molar-refractivity contribution in [2.24, 2.45) is 0 Å². The molecule has 0 spiro atoms. The van der Waals surface area contributed by atoms with E-state index in [1.807, 2.05) is 6.92 Å². The number of halogens is 1. The van der Waals surface area contributed by atoms with E-state index in [9.17, 15) is 4.79 Å². The van der Waals surface area contributed by atoms with E-state index in [4.69, 9.17) is 21.2 Å². The van der Waals surface area contributed by atoms with Gasteiger partial charge < -0.3 is 10.1 Å². The molecule has 0 aliphatic rings. The number of rotatable bonds is 4. The van der Waals surface area contributed by atoms with Gasteiger partial charge in [0.15, 0.2) is 0 Å². The molecule has 0 unspecified atom stereocenters. The molecule has 0 aliphatic carbocycles. The van der Waals surface area contributed by atoms with Crippen LogP contribution in [0.15, 0.2) is 18.2 Å². The highest BCUT2D eigenvalue weighted by atomic mass is 35.5. The quantitative estimate of drug-likeness (QED) is 0.845. The summed E-state index contributed by atoms with van der Waals surface area (Å²) in [7, 11) is 2.91. The minimum absolute atomic E-state index is 0.382. The first kappa shape index (κ1) is 13.6. The highest BCUT2D eigenvalue weighted by Crippen LogP contribution is 2.27. The summed E-state index contributed by atoms with van der Waals surface area (Å²) in [6, 6.07) is 4.65. The summed E-state index contributed by atoms with van der Waals surface area (Å²) in [6.45, 7) is 2.41. The molecule has 0 saturated heterocycles. The molecule has 0 saturated carbocycles. The maximum atomic E-state index is 11.5. The monoisotopic (exact) mass is 258 g/mol. The van der Waals surface area contributed by atoms with Crippen LogP contribution in [0, 0.1) is 0 Å². The maximum Gasteiger partial charge on any atom is 0.345 e. The summed E-state index contributed by atoms with van der Waals surface area (Å²) < 4.78 is 5.29. The summed E-state index contributed by atoms with van der Waals surface area (Å²) in [5.41, 5.74) is 0.576. The lowest BCUT2D eigenvalue weighted by Crippen LogP contribution is -2.30. The Labute approximate surface area is 105 Å². The number of carbonyl (C=O) groups excluding carboxylic acids is 1.